The first-order chi connectivity index (χ1) is 19.9. The predicted molar refractivity (Wildman–Crippen MR) is 142 cm³/mol. The lowest BCUT2D eigenvalue weighted by atomic mass is 9.91. The Kier molecular flexibility index (Phi) is 6.55. The van der Waals surface area contributed by atoms with E-state index in [9.17, 15) is 27.5 Å². The molecule has 14 heteroatoms. The molecular formula is C28H27F4N7O3. The summed E-state index contributed by atoms with van der Waals surface area (Å²) in [5.74, 6) is -0.419. The second kappa shape index (κ2) is 9.89. The van der Waals surface area contributed by atoms with Crippen LogP contribution in [0.5, 0.6) is 5.75 Å². The highest BCUT2D eigenvalue weighted by molar-refractivity contribution is 5.96. The van der Waals surface area contributed by atoms with E-state index < -0.39 is 29.5 Å². The minimum atomic E-state index is -4.91. The molecule has 10 nitrogen and oxygen atoms in total. The summed E-state index contributed by atoms with van der Waals surface area (Å²) >= 11 is 0. The zero-order valence-corrected chi connectivity index (χ0v) is 23.0. The van der Waals surface area contributed by atoms with Crippen molar-refractivity contribution in [2.24, 2.45) is 7.05 Å². The lowest BCUT2D eigenvalue weighted by molar-refractivity contribution is -0.232. The number of carbonyl (C=O) groups is 1. The summed E-state index contributed by atoms with van der Waals surface area (Å²) in [6, 6.07) is 9.27. The molecule has 2 aromatic carbocycles. The fourth-order valence-corrected chi connectivity index (χ4v) is 6.01. The number of imidazole rings is 1. The number of hydrogen-bond acceptors (Lipinski definition) is 7. The topological polar surface area (TPSA) is 111 Å². The van der Waals surface area contributed by atoms with E-state index in [1.165, 1.54) is 43.1 Å². The average molecular weight is 586 g/mol. The molecule has 0 bridgehead atoms. The number of fused-ring (bicyclic) bond motifs is 3. The summed E-state index contributed by atoms with van der Waals surface area (Å²) in [4.78, 5) is 21.1. The number of aromatic nitrogens is 6. The number of hydrogen-bond donors (Lipinski definition) is 1. The third-order valence-electron chi connectivity index (χ3n) is 8.14. The minimum absolute atomic E-state index is 0.0189. The normalized spacial score (nSPS) is 19.0. The van der Waals surface area contributed by atoms with Crippen molar-refractivity contribution >= 4 is 5.91 Å². The standard InChI is InChI=1S/C28H27F4N7O3/c1-27(26(41)28(30,31)32)10-4-11-39(27)25(40)24-33-21(15-5-7-17(29)8-6-15)22-18-14-19(23-34-36-37(2)35-23)20(42-3)13-16(18)9-12-38(22)24/h5-8,13-14,26,41H,4,9-12H2,1-3H3/t26-,27+/m1/s1. The van der Waals surface area contributed by atoms with E-state index >= 15 is 0 Å². The zero-order valence-electron chi connectivity index (χ0n) is 23.0. The summed E-state index contributed by atoms with van der Waals surface area (Å²) in [6.45, 7) is 1.58. The molecule has 0 saturated carbocycles. The van der Waals surface area contributed by atoms with Gasteiger partial charge in [-0.25, -0.2) is 9.37 Å². The summed E-state index contributed by atoms with van der Waals surface area (Å²) in [5.41, 5.74) is 1.67. The number of ether oxygens (including phenoxy) is 1. The minimum Gasteiger partial charge on any atom is -0.496 e. The Labute approximate surface area is 237 Å². The van der Waals surface area contributed by atoms with E-state index in [2.05, 4.69) is 20.4 Å². The monoisotopic (exact) mass is 585 g/mol. The van der Waals surface area contributed by atoms with E-state index in [4.69, 9.17) is 4.74 Å². The highest BCUT2D eigenvalue weighted by atomic mass is 19.4. The van der Waals surface area contributed by atoms with Crippen LogP contribution < -0.4 is 4.74 Å². The summed E-state index contributed by atoms with van der Waals surface area (Å²) in [7, 11) is 3.15. The van der Waals surface area contributed by atoms with Crippen LogP contribution in [0.25, 0.3) is 33.9 Å². The molecule has 42 heavy (non-hydrogen) atoms. The van der Waals surface area contributed by atoms with Crippen LogP contribution in [0, 0.1) is 5.82 Å². The molecule has 2 aliphatic rings. The van der Waals surface area contributed by atoms with E-state index in [1.54, 1.807) is 11.6 Å². The number of methoxy groups -OCH3 is 1. The second-order valence-electron chi connectivity index (χ2n) is 10.7. The molecule has 2 aromatic heterocycles. The van der Waals surface area contributed by atoms with Gasteiger partial charge in [-0.1, -0.05) is 0 Å². The molecule has 0 aliphatic carbocycles. The predicted octanol–water partition coefficient (Wildman–Crippen LogP) is 4.03. The quantitative estimate of drug-likeness (QED) is 0.352. The number of tetrazole rings is 1. The maximum atomic E-state index is 14.0. The highest BCUT2D eigenvalue weighted by Crippen LogP contribution is 2.44. The highest BCUT2D eigenvalue weighted by Gasteiger charge is 2.56. The molecular weight excluding hydrogens is 558 g/mol. The van der Waals surface area contributed by atoms with Gasteiger partial charge in [0.1, 0.15) is 11.6 Å². The van der Waals surface area contributed by atoms with Gasteiger partial charge in [-0.2, -0.15) is 18.0 Å². The maximum Gasteiger partial charge on any atom is 0.416 e. The number of rotatable bonds is 5. The second-order valence-corrected chi connectivity index (χ2v) is 10.7. The van der Waals surface area contributed by atoms with E-state index in [1.807, 2.05) is 12.1 Å². The lowest BCUT2D eigenvalue weighted by Gasteiger charge is -2.39. The van der Waals surface area contributed by atoms with E-state index in [0.29, 0.717) is 59.0 Å². The van der Waals surface area contributed by atoms with Gasteiger partial charge in [0.2, 0.25) is 5.82 Å². The van der Waals surface area contributed by atoms with E-state index in [0.717, 1.165) is 10.5 Å². The Morgan fingerprint density at radius 3 is 2.52 bits per heavy atom. The van der Waals surface area contributed by atoms with Crippen molar-refractivity contribution in [1.29, 1.82) is 0 Å². The molecule has 0 unspecified atom stereocenters. The average Bonchev–Trinajstić information content (AvgIpc) is 3.68. The third kappa shape index (κ3) is 4.40. The molecule has 1 fully saturated rings. The van der Waals surface area contributed by atoms with Gasteiger partial charge in [0.05, 0.1) is 36.6 Å². The van der Waals surface area contributed by atoms with Crippen LogP contribution in [0.2, 0.25) is 0 Å². The van der Waals surface area contributed by atoms with Crippen molar-refractivity contribution in [1.82, 2.24) is 34.7 Å². The fourth-order valence-electron chi connectivity index (χ4n) is 6.01. The Morgan fingerprint density at radius 1 is 1.14 bits per heavy atom. The maximum absolute atomic E-state index is 14.0. The molecule has 1 N–H and O–H groups in total. The molecule has 2 atom stereocenters. The molecule has 6 rings (SSSR count). The van der Waals surface area contributed by atoms with Gasteiger partial charge in [-0.15, -0.1) is 10.2 Å². The van der Waals surface area contributed by atoms with Crippen molar-refractivity contribution < 1.29 is 32.2 Å². The number of nitrogens with zero attached hydrogens (tertiary/aromatic N) is 7. The van der Waals surface area contributed by atoms with E-state index in [-0.39, 0.29) is 18.8 Å². The van der Waals surface area contributed by atoms with Gasteiger partial charge in [0.15, 0.2) is 11.9 Å². The first-order valence-electron chi connectivity index (χ1n) is 13.3. The number of aliphatic hydroxyl groups is 1. The first-order valence-corrected chi connectivity index (χ1v) is 13.3. The van der Waals surface area contributed by atoms with Crippen LogP contribution in [0.4, 0.5) is 17.6 Å². The summed E-state index contributed by atoms with van der Waals surface area (Å²) < 4.78 is 62.1. The Morgan fingerprint density at radius 2 is 1.88 bits per heavy atom. The van der Waals surface area contributed by atoms with Crippen LogP contribution in [0.1, 0.15) is 35.9 Å². The van der Waals surface area contributed by atoms with Gasteiger partial charge in [-0.05, 0) is 73.4 Å². The number of benzene rings is 2. The van der Waals surface area contributed by atoms with Gasteiger partial charge >= 0.3 is 6.18 Å². The molecule has 1 saturated heterocycles. The van der Waals surface area contributed by atoms with Gasteiger partial charge < -0.3 is 19.3 Å². The molecule has 0 spiro atoms. The SMILES string of the molecule is COc1cc2c(cc1-c1nnn(C)n1)-c1c(-c3ccc(F)cc3)nc(C(=O)N3CCC[C@@]3(C)[C@@H](O)C(F)(F)F)n1CC2. The number of carbonyl (C=O) groups excluding carboxylic acids is 1. The molecule has 2 aliphatic heterocycles. The number of amides is 1. The largest absolute Gasteiger partial charge is 0.496 e. The molecule has 0 radical (unpaired) electrons. The smallest absolute Gasteiger partial charge is 0.416 e. The van der Waals surface area contributed by atoms with Crippen LogP contribution in [-0.4, -0.2) is 77.1 Å². The van der Waals surface area contributed by atoms with Crippen LogP contribution in [-0.2, 0) is 20.0 Å². The third-order valence-corrected chi connectivity index (χ3v) is 8.14. The van der Waals surface area contributed by atoms with Crippen molar-refractivity contribution in [3.63, 3.8) is 0 Å². The summed E-state index contributed by atoms with van der Waals surface area (Å²) in [6.07, 6.45) is -6.89. The Bertz CT molecular complexity index is 1680. The van der Waals surface area contributed by atoms with Crippen molar-refractivity contribution in [2.45, 2.75) is 50.6 Å². The fraction of sp³-hybridized carbons (Fsp3) is 0.393. The zero-order chi connectivity index (χ0) is 30.0. The number of halogens is 4. The Hall–Kier alpha value is -4.33. The first kappa shape index (κ1) is 27.8. The van der Waals surface area contributed by atoms with Crippen LogP contribution >= 0.6 is 0 Å². The number of aryl methyl sites for hydroxylation is 2. The van der Waals surface area contributed by atoms with Crippen molar-refractivity contribution in [3.8, 4) is 39.7 Å². The molecule has 1 amide bonds. The Balaban J connectivity index is 1.54. The number of likely N-dealkylation sites (tertiary alicyclic amines) is 1. The van der Waals surface area contributed by atoms with Gasteiger partial charge in [0, 0.05) is 24.2 Å². The van der Waals surface area contributed by atoms with Gasteiger partial charge in [-0.3, -0.25) is 4.79 Å². The van der Waals surface area contributed by atoms with Crippen molar-refractivity contribution in [2.75, 3.05) is 13.7 Å². The molecule has 220 valence electrons. The van der Waals surface area contributed by atoms with Crippen molar-refractivity contribution in [3.05, 3.63) is 53.6 Å². The van der Waals surface area contributed by atoms with Gasteiger partial charge in [0.25, 0.3) is 5.91 Å². The van der Waals surface area contributed by atoms with Crippen LogP contribution in [0.15, 0.2) is 36.4 Å². The lowest BCUT2D eigenvalue weighted by Crippen LogP contribution is -2.58. The molecule has 4 heterocycles. The number of alkyl halides is 3. The van der Waals surface area contributed by atoms with Crippen LogP contribution in [0.3, 0.4) is 0 Å². The summed E-state index contributed by atoms with van der Waals surface area (Å²) in [5, 5.41) is 22.6. The molecule has 4 aromatic rings. The number of aliphatic hydroxyl groups excluding tert-OH is 1.